The quantitative estimate of drug-likeness (QED) is 0.369. The molecule has 0 saturated heterocycles. The molecule has 0 bridgehead atoms. The van der Waals surface area contributed by atoms with E-state index in [0.29, 0.717) is 0 Å². The Hall–Kier alpha value is -0.650. The van der Waals surface area contributed by atoms with Gasteiger partial charge in [-0.3, -0.25) is 5.73 Å². The highest BCUT2D eigenvalue weighted by Crippen LogP contribution is 2.11. The fourth-order valence-corrected chi connectivity index (χ4v) is 0.808. The minimum absolute atomic E-state index is 0.101. The fourth-order valence-electron chi connectivity index (χ4n) is 0.808. The van der Waals surface area contributed by atoms with Gasteiger partial charge in [0.25, 0.3) is 0 Å². The normalized spacial score (nSPS) is 16.2. The van der Waals surface area contributed by atoms with Crippen molar-refractivity contribution in [3.05, 3.63) is 0 Å². The lowest BCUT2D eigenvalue weighted by atomic mass is 10.0. The van der Waals surface area contributed by atoms with Gasteiger partial charge in [-0.15, -0.1) is 0 Å². The van der Waals surface area contributed by atoms with Gasteiger partial charge in [0, 0.05) is 6.42 Å². The molecule has 11 heavy (non-hydrogen) atoms. The first-order valence-electron chi connectivity index (χ1n) is 3.32. The summed E-state index contributed by atoms with van der Waals surface area (Å²) in [6.07, 6.45) is 0.128. The van der Waals surface area contributed by atoms with E-state index in [2.05, 4.69) is 10.7 Å². The second-order valence-electron chi connectivity index (χ2n) is 2.93. The molecule has 0 aliphatic heterocycles. The topological polar surface area (TPSA) is 98.6 Å². The van der Waals surface area contributed by atoms with Crippen molar-refractivity contribution in [3.8, 4) is 0 Å². The molecule has 0 aromatic heterocycles. The summed E-state index contributed by atoms with van der Waals surface area (Å²) in [6, 6.07) is 0. The lowest BCUT2D eigenvalue weighted by Gasteiger charge is -2.20. The highest BCUT2D eigenvalue weighted by atomic mass is 16.7. The predicted molar refractivity (Wildman–Crippen MR) is 38.9 cm³/mol. The SMILES string of the molecule is CC(C)CC(N)(O)C(=O)ON. The zero-order valence-electron chi connectivity index (χ0n) is 6.70. The summed E-state index contributed by atoms with van der Waals surface area (Å²) in [7, 11) is 0. The van der Waals surface area contributed by atoms with Crippen molar-refractivity contribution >= 4 is 5.97 Å². The summed E-state index contributed by atoms with van der Waals surface area (Å²) in [5.74, 6) is 3.64. The lowest BCUT2D eigenvalue weighted by molar-refractivity contribution is -0.167. The molecule has 5 heteroatoms. The summed E-state index contributed by atoms with van der Waals surface area (Å²) in [6.45, 7) is 3.64. The van der Waals surface area contributed by atoms with Crippen LogP contribution in [0.3, 0.4) is 0 Å². The average molecular weight is 162 g/mol. The van der Waals surface area contributed by atoms with Crippen molar-refractivity contribution in [2.75, 3.05) is 0 Å². The van der Waals surface area contributed by atoms with Gasteiger partial charge in [-0.25, -0.2) is 4.79 Å². The molecule has 0 amide bonds. The molecule has 0 fully saturated rings. The first-order chi connectivity index (χ1) is 4.90. The van der Waals surface area contributed by atoms with Crippen LogP contribution in [-0.4, -0.2) is 16.8 Å². The van der Waals surface area contributed by atoms with Crippen molar-refractivity contribution in [2.45, 2.75) is 26.0 Å². The molecule has 0 radical (unpaired) electrons. The van der Waals surface area contributed by atoms with Crippen molar-refractivity contribution in [2.24, 2.45) is 17.5 Å². The molecule has 0 spiro atoms. The monoisotopic (exact) mass is 162 g/mol. The lowest BCUT2D eigenvalue weighted by Crippen LogP contribution is -2.50. The Morgan fingerprint density at radius 1 is 1.73 bits per heavy atom. The van der Waals surface area contributed by atoms with Crippen LogP contribution in [0.15, 0.2) is 0 Å². The summed E-state index contributed by atoms with van der Waals surface area (Å²) in [4.78, 5) is 14.4. The molecule has 5 nitrogen and oxygen atoms in total. The number of aliphatic hydroxyl groups is 1. The molecule has 0 aliphatic rings. The highest BCUT2D eigenvalue weighted by Gasteiger charge is 2.33. The van der Waals surface area contributed by atoms with Crippen LogP contribution < -0.4 is 11.6 Å². The van der Waals surface area contributed by atoms with E-state index in [1.165, 1.54) is 0 Å². The van der Waals surface area contributed by atoms with Gasteiger partial charge in [-0.05, 0) is 5.92 Å². The Bertz CT molecular complexity index is 145. The van der Waals surface area contributed by atoms with E-state index in [-0.39, 0.29) is 12.3 Å². The van der Waals surface area contributed by atoms with Crippen molar-refractivity contribution in [1.82, 2.24) is 0 Å². The third-order valence-electron chi connectivity index (χ3n) is 1.18. The van der Waals surface area contributed by atoms with Gasteiger partial charge < -0.3 is 9.94 Å². The first kappa shape index (κ1) is 10.3. The number of hydrogen-bond acceptors (Lipinski definition) is 5. The molecule has 0 aliphatic carbocycles. The number of carbonyl (C=O) groups excluding carboxylic acids is 1. The minimum Gasteiger partial charge on any atom is -0.370 e. The molecule has 66 valence electrons. The van der Waals surface area contributed by atoms with Gasteiger partial charge in [-0.2, -0.15) is 5.90 Å². The van der Waals surface area contributed by atoms with Gasteiger partial charge in [0.2, 0.25) is 5.72 Å². The summed E-state index contributed by atoms with van der Waals surface area (Å²) in [5.41, 5.74) is 3.22. The second kappa shape index (κ2) is 3.66. The van der Waals surface area contributed by atoms with Crippen LogP contribution in [0, 0.1) is 5.92 Å². The van der Waals surface area contributed by atoms with Crippen LogP contribution in [0.2, 0.25) is 0 Å². The average Bonchev–Trinajstić information content (AvgIpc) is 1.83. The van der Waals surface area contributed by atoms with Crippen LogP contribution in [0.25, 0.3) is 0 Å². The van der Waals surface area contributed by atoms with Crippen LogP contribution in [0.4, 0.5) is 0 Å². The van der Waals surface area contributed by atoms with Crippen LogP contribution in [0.5, 0.6) is 0 Å². The van der Waals surface area contributed by atoms with E-state index >= 15 is 0 Å². The number of hydrogen-bond donors (Lipinski definition) is 3. The van der Waals surface area contributed by atoms with Gasteiger partial charge in [0.1, 0.15) is 0 Å². The fraction of sp³-hybridized carbons (Fsp3) is 0.833. The predicted octanol–water partition coefficient (Wildman–Crippen LogP) is -0.903. The van der Waals surface area contributed by atoms with Crippen LogP contribution >= 0.6 is 0 Å². The highest BCUT2D eigenvalue weighted by molar-refractivity contribution is 5.77. The Kier molecular flexibility index (Phi) is 3.44. The zero-order valence-corrected chi connectivity index (χ0v) is 6.70. The van der Waals surface area contributed by atoms with E-state index in [4.69, 9.17) is 5.73 Å². The number of nitrogens with two attached hydrogens (primary N) is 2. The Morgan fingerprint density at radius 2 is 2.18 bits per heavy atom. The molecular formula is C6H14N2O3. The Morgan fingerprint density at radius 3 is 2.45 bits per heavy atom. The number of carbonyl (C=O) groups is 1. The molecule has 0 aromatic rings. The van der Waals surface area contributed by atoms with E-state index < -0.39 is 11.7 Å². The Labute approximate surface area is 65.3 Å². The second-order valence-corrected chi connectivity index (χ2v) is 2.93. The van der Waals surface area contributed by atoms with Gasteiger partial charge in [-0.1, -0.05) is 13.8 Å². The molecule has 0 saturated carbocycles. The summed E-state index contributed by atoms with van der Waals surface area (Å²) < 4.78 is 0. The zero-order chi connectivity index (χ0) is 9.07. The maximum Gasteiger partial charge on any atom is 0.371 e. The third-order valence-corrected chi connectivity index (χ3v) is 1.18. The van der Waals surface area contributed by atoms with Gasteiger partial charge in [0.05, 0.1) is 0 Å². The van der Waals surface area contributed by atoms with E-state index in [1.54, 1.807) is 0 Å². The summed E-state index contributed by atoms with van der Waals surface area (Å²) in [5, 5.41) is 9.18. The maximum absolute atomic E-state index is 10.6. The van der Waals surface area contributed by atoms with E-state index in [1.807, 2.05) is 13.8 Å². The largest absolute Gasteiger partial charge is 0.371 e. The van der Waals surface area contributed by atoms with Crippen molar-refractivity contribution in [1.29, 1.82) is 0 Å². The van der Waals surface area contributed by atoms with Crippen molar-refractivity contribution in [3.63, 3.8) is 0 Å². The minimum atomic E-state index is -1.96. The smallest absolute Gasteiger partial charge is 0.370 e. The van der Waals surface area contributed by atoms with Crippen molar-refractivity contribution < 1.29 is 14.7 Å². The summed E-state index contributed by atoms with van der Waals surface area (Å²) >= 11 is 0. The third kappa shape index (κ3) is 3.31. The maximum atomic E-state index is 10.6. The van der Waals surface area contributed by atoms with Crippen LogP contribution in [0.1, 0.15) is 20.3 Å². The van der Waals surface area contributed by atoms with Gasteiger partial charge >= 0.3 is 5.97 Å². The first-order valence-corrected chi connectivity index (χ1v) is 3.32. The molecule has 5 N–H and O–H groups in total. The molecule has 0 rings (SSSR count). The van der Waals surface area contributed by atoms with Gasteiger partial charge in [0.15, 0.2) is 0 Å². The molecule has 1 unspecified atom stereocenters. The molecule has 0 aromatic carbocycles. The van der Waals surface area contributed by atoms with Crippen LogP contribution in [-0.2, 0) is 9.63 Å². The number of rotatable bonds is 3. The standard InChI is InChI=1S/C6H14N2O3/c1-4(2)3-6(7,10)5(9)11-8/h4,10H,3,7-8H2,1-2H3. The molecule has 1 atom stereocenters. The van der Waals surface area contributed by atoms with E-state index in [9.17, 15) is 9.90 Å². The Balaban J connectivity index is 4.09. The van der Waals surface area contributed by atoms with E-state index in [0.717, 1.165) is 0 Å². The molecular weight excluding hydrogens is 148 g/mol. The molecule has 0 heterocycles.